The van der Waals surface area contributed by atoms with Crippen LogP contribution in [0.25, 0.3) is 11.1 Å². The Labute approximate surface area is 169 Å². The first-order valence-corrected chi connectivity index (χ1v) is 9.95. The molecule has 0 bridgehead atoms. The van der Waals surface area contributed by atoms with Crippen molar-refractivity contribution in [2.75, 3.05) is 0 Å². The van der Waals surface area contributed by atoms with E-state index in [1.165, 1.54) is 35.6 Å². The summed E-state index contributed by atoms with van der Waals surface area (Å²) < 4.78 is 55.6. The number of benzene rings is 2. The van der Waals surface area contributed by atoms with E-state index in [0.717, 1.165) is 28.1 Å². The highest BCUT2D eigenvalue weighted by atomic mass is 32.1. The van der Waals surface area contributed by atoms with Gasteiger partial charge in [0.15, 0.2) is 0 Å². The lowest BCUT2D eigenvalue weighted by Crippen LogP contribution is -2.17. The molecular formula is C22H17F4NOS. The molecule has 0 amide bonds. The van der Waals surface area contributed by atoms with E-state index in [2.05, 4.69) is 4.74 Å². The molecule has 0 saturated heterocycles. The van der Waals surface area contributed by atoms with Gasteiger partial charge in [0.1, 0.15) is 11.6 Å². The van der Waals surface area contributed by atoms with Gasteiger partial charge in [-0.15, -0.1) is 24.5 Å². The Morgan fingerprint density at radius 1 is 1.07 bits per heavy atom. The monoisotopic (exact) mass is 419 g/mol. The highest BCUT2D eigenvalue weighted by Gasteiger charge is 2.31. The van der Waals surface area contributed by atoms with E-state index in [0.29, 0.717) is 17.5 Å². The average Bonchev–Trinajstić information content (AvgIpc) is 3.30. The van der Waals surface area contributed by atoms with Crippen LogP contribution >= 0.6 is 11.3 Å². The normalized spacial score (nSPS) is 16.7. The Morgan fingerprint density at radius 2 is 1.86 bits per heavy atom. The van der Waals surface area contributed by atoms with Gasteiger partial charge < -0.3 is 4.74 Å². The van der Waals surface area contributed by atoms with Crippen molar-refractivity contribution in [3.8, 4) is 16.9 Å². The van der Waals surface area contributed by atoms with Gasteiger partial charge in [-0.25, -0.2) is 4.39 Å². The number of hydrogen-bond acceptors (Lipinski definition) is 3. The van der Waals surface area contributed by atoms with Crippen molar-refractivity contribution in [3.63, 3.8) is 0 Å². The standard InChI is InChI=1S/C22H17F4NOS/c1-13-4-2-7-17(23)21(13)19-9-8-18(27-19)20-11-15(12-29-20)14-5-3-6-16(10-14)28-22(24,25)26/h2-7,10-12,18H,8-9H2,1H3. The Morgan fingerprint density at radius 3 is 2.62 bits per heavy atom. The summed E-state index contributed by atoms with van der Waals surface area (Å²) >= 11 is 1.50. The van der Waals surface area contributed by atoms with E-state index in [4.69, 9.17) is 4.99 Å². The Hall–Kier alpha value is -2.67. The van der Waals surface area contributed by atoms with Crippen LogP contribution in [-0.4, -0.2) is 12.1 Å². The molecule has 2 nitrogen and oxygen atoms in total. The molecule has 0 radical (unpaired) electrons. The Bertz CT molecular complexity index is 1050. The number of aliphatic imine (C=N–C) groups is 1. The van der Waals surface area contributed by atoms with E-state index in [-0.39, 0.29) is 17.6 Å². The highest BCUT2D eigenvalue weighted by Crippen LogP contribution is 2.38. The number of halogens is 4. The van der Waals surface area contributed by atoms with Crippen LogP contribution in [0.4, 0.5) is 17.6 Å². The fourth-order valence-corrected chi connectivity index (χ4v) is 4.53. The van der Waals surface area contributed by atoms with Gasteiger partial charge in [0.2, 0.25) is 0 Å². The van der Waals surface area contributed by atoms with Crippen LogP contribution in [0, 0.1) is 12.7 Å². The molecule has 0 aliphatic carbocycles. The number of ether oxygens (including phenoxy) is 1. The van der Waals surface area contributed by atoms with Gasteiger partial charge in [-0.2, -0.15) is 0 Å². The molecule has 1 unspecified atom stereocenters. The summed E-state index contributed by atoms with van der Waals surface area (Å²) in [5, 5.41) is 1.89. The molecule has 1 aromatic heterocycles. The van der Waals surface area contributed by atoms with Crippen LogP contribution < -0.4 is 4.74 Å². The number of hydrogen-bond donors (Lipinski definition) is 0. The molecule has 0 saturated carbocycles. The predicted molar refractivity (Wildman–Crippen MR) is 106 cm³/mol. The third-order valence-electron chi connectivity index (χ3n) is 4.83. The van der Waals surface area contributed by atoms with Gasteiger partial charge in [-0.05, 0) is 66.1 Å². The summed E-state index contributed by atoms with van der Waals surface area (Å²) in [6.45, 7) is 1.87. The van der Waals surface area contributed by atoms with Crippen LogP contribution in [0.15, 0.2) is 58.9 Å². The van der Waals surface area contributed by atoms with Crippen LogP contribution in [0.3, 0.4) is 0 Å². The zero-order valence-corrected chi connectivity index (χ0v) is 16.3. The second kappa shape index (κ2) is 7.63. The third kappa shape index (κ3) is 4.34. The lowest BCUT2D eigenvalue weighted by atomic mass is 10.0. The third-order valence-corrected chi connectivity index (χ3v) is 5.86. The Balaban J connectivity index is 1.58. The van der Waals surface area contributed by atoms with Crippen molar-refractivity contribution in [1.82, 2.24) is 0 Å². The maximum absolute atomic E-state index is 14.2. The van der Waals surface area contributed by atoms with E-state index in [1.54, 1.807) is 12.1 Å². The molecule has 7 heteroatoms. The largest absolute Gasteiger partial charge is 0.573 e. The van der Waals surface area contributed by atoms with Crippen molar-refractivity contribution in [2.24, 2.45) is 4.99 Å². The minimum atomic E-state index is -4.72. The SMILES string of the molecule is Cc1cccc(F)c1C1=NC(c2cc(-c3cccc(OC(F)(F)F)c3)cs2)CC1. The molecule has 2 aromatic carbocycles. The van der Waals surface area contributed by atoms with Crippen molar-refractivity contribution in [1.29, 1.82) is 0 Å². The summed E-state index contributed by atoms with van der Waals surface area (Å²) in [6.07, 6.45) is -3.26. The van der Waals surface area contributed by atoms with Crippen molar-refractivity contribution in [3.05, 3.63) is 75.7 Å². The molecule has 3 aromatic rings. The number of aryl methyl sites for hydroxylation is 1. The molecule has 1 aliphatic rings. The second-order valence-corrected chi connectivity index (χ2v) is 7.82. The summed E-state index contributed by atoms with van der Waals surface area (Å²) in [5.74, 6) is -0.517. The molecule has 0 spiro atoms. The van der Waals surface area contributed by atoms with Gasteiger partial charge >= 0.3 is 6.36 Å². The van der Waals surface area contributed by atoms with Crippen LogP contribution in [-0.2, 0) is 0 Å². The summed E-state index contributed by atoms with van der Waals surface area (Å²) in [4.78, 5) is 5.74. The smallest absolute Gasteiger partial charge is 0.406 e. The number of rotatable bonds is 4. The fraction of sp³-hybridized carbons (Fsp3) is 0.227. The summed E-state index contributed by atoms with van der Waals surface area (Å²) in [7, 11) is 0. The second-order valence-electron chi connectivity index (χ2n) is 6.88. The van der Waals surface area contributed by atoms with Crippen molar-refractivity contribution < 1.29 is 22.3 Å². The summed E-state index contributed by atoms with van der Waals surface area (Å²) in [5.41, 5.74) is 3.65. The van der Waals surface area contributed by atoms with Crippen LogP contribution in [0.5, 0.6) is 5.75 Å². The Kier molecular flexibility index (Phi) is 5.17. The lowest BCUT2D eigenvalue weighted by Gasteiger charge is -2.09. The molecule has 2 heterocycles. The average molecular weight is 419 g/mol. The number of nitrogens with zero attached hydrogens (tertiary/aromatic N) is 1. The quantitative estimate of drug-likeness (QED) is 0.414. The number of thiophene rings is 1. The fourth-order valence-electron chi connectivity index (χ4n) is 3.54. The van der Waals surface area contributed by atoms with Gasteiger partial charge in [0.05, 0.1) is 6.04 Å². The first-order valence-electron chi connectivity index (χ1n) is 9.07. The topological polar surface area (TPSA) is 21.6 Å². The molecule has 0 fully saturated rings. The van der Waals surface area contributed by atoms with Crippen LogP contribution in [0.2, 0.25) is 0 Å². The highest BCUT2D eigenvalue weighted by molar-refractivity contribution is 7.10. The van der Waals surface area contributed by atoms with Gasteiger partial charge in [-0.3, -0.25) is 4.99 Å². The lowest BCUT2D eigenvalue weighted by molar-refractivity contribution is -0.274. The van der Waals surface area contributed by atoms with E-state index < -0.39 is 6.36 Å². The maximum atomic E-state index is 14.2. The van der Waals surface area contributed by atoms with E-state index >= 15 is 0 Å². The molecule has 4 rings (SSSR count). The molecule has 29 heavy (non-hydrogen) atoms. The minimum absolute atomic E-state index is 0.0719. The van der Waals surface area contributed by atoms with E-state index in [9.17, 15) is 17.6 Å². The van der Waals surface area contributed by atoms with Crippen molar-refractivity contribution >= 4 is 17.0 Å². The predicted octanol–water partition coefficient (Wildman–Crippen LogP) is 7.09. The van der Waals surface area contributed by atoms with Crippen molar-refractivity contribution in [2.45, 2.75) is 32.2 Å². The zero-order valence-electron chi connectivity index (χ0n) is 15.5. The molecule has 1 atom stereocenters. The van der Waals surface area contributed by atoms with Gasteiger partial charge in [-0.1, -0.05) is 24.3 Å². The van der Waals surface area contributed by atoms with Crippen LogP contribution in [0.1, 0.15) is 34.9 Å². The van der Waals surface area contributed by atoms with Gasteiger partial charge in [0, 0.05) is 16.2 Å². The molecule has 1 aliphatic heterocycles. The zero-order chi connectivity index (χ0) is 20.6. The first kappa shape index (κ1) is 19.6. The first-order chi connectivity index (χ1) is 13.8. The number of alkyl halides is 3. The molecule has 0 N–H and O–H groups in total. The minimum Gasteiger partial charge on any atom is -0.406 e. The van der Waals surface area contributed by atoms with Gasteiger partial charge in [0.25, 0.3) is 0 Å². The summed E-state index contributed by atoms with van der Waals surface area (Å²) in [6, 6.07) is 12.8. The molecule has 150 valence electrons. The maximum Gasteiger partial charge on any atom is 0.573 e. The molecular weight excluding hydrogens is 402 g/mol. The van der Waals surface area contributed by atoms with E-state index in [1.807, 2.05) is 24.4 Å².